The van der Waals surface area contributed by atoms with Crippen molar-refractivity contribution in [1.29, 1.82) is 5.26 Å². The van der Waals surface area contributed by atoms with Crippen LogP contribution in [0.15, 0.2) is 0 Å². The molecular weight excluding hydrogens is 222 g/mol. The minimum Gasteiger partial charge on any atom is -0.301 e. The molecule has 0 radical (unpaired) electrons. The van der Waals surface area contributed by atoms with E-state index in [2.05, 4.69) is 22.9 Å². The third-order valence-electron chi connectivity index (χ3n) is 4.69. The van der Waals surface area contributed by atoms with Crippen LogP contribution in [0.2, 0.25) is 0 Å². The smallest absolute Gasteiger partial charge is 0.0638 e. The van der Waals surface area contributed by atoms with E-state index in [4.69, 9.17) is 5.26 Å². The SMILES string of the molecule is CN1CCCN(C2CCCCCC2)CC1CC#N. The second-order valence-electron chi connectivity index (χ2n) is 5.99. The van der Waals surface area contributed by atoms with E-state index in [0.29, 0.717) is 12.5 Å². The van der Waals surface area contributed by atoms with Gasteiger partial charge in [-0.15, -0.1) is 0 Å². The van der Waals surface area contributed by atoms with E-state index in [1.165, 1.54) is 51.5 Å². The van der Waals surface area contributed by atoms with E-state index in [9.17, 15) is 0 Å². The summed E-state index contributed by atoms with van der Waals surface area (Å²) in [6.07, 6.45) is 10.3. The average molecular weight is 249 g/mol. The van der Waals surface area contributed by atoms with Crippen molar-refractivity contribution in [3.63, 3.8) is 0 Å². The zero-order valence-electron chi connectivity index (χ0n) is 11.8. The lowest BCUT2D eigenvalue weighted by molar-refractivity contribution is 0.154. The highest BCUT2D eigenvalue weighted by molar-refractivity contribution is 4.88. The summed E-state index contributed by atoms with van der Waals surface area (Å²) >= 11 is 0. The summed E-state index contributed by atoms with van der Waals surface area (Å²) in [4.78, 5) is 5.08. The Bertz CT molecular complexity index is 276. The quantitative estimate of drug-likeness (QED) is 0.705. The first-order valence-electron chi connectivity index (χ1n) is 7.62. The van der Waals surface area contributed by atoms with E-state index in [1.807, 2.05) is 0 Å². The Morgan fingerprint density at radius 1 is 1.06 bits per heavy atom. The van der Waals surface area contributed by atoms with Crippen molar-refractivity contribution in [3.8, 4) is 6.07 Å². The van der Waals surface area contributed by atoms with Crippen LogP contribution in [-0.2, 0) is 0 Å². The van der Waals surface area contributed by atoms with Crippen molar-refractivity contribution in [3.05, 3.63) is 0 Å². The molecule has 1 aliphatic carbocycles. The van der Waals surface area contributed by atoms with E-state index >= 15 is 0 Å². The normalized spacial score (nSPS) is 29.4. The number of rotatable bonds is 2. The Labute approximate surface area is 112 Å². The molecular formula is C15H27N3. The molecule has 1 heterocycles. The highest BCUT2D eigenvalue weighted by Gasteiger charge is 2.27. The van der Waals surface area contributed by atoms with E-state index in [1.54, 1.807) is 0 Å². The first-order chi connectivity index (χ1) is 8.81. The molecule has 3 heteroatoms. The summed E-state index contributed by atoms with van der Waals surface area (Å²) in [7, 11) is 2.18. The molecule has 1 saturated heterocycles. The fourth-order valence-corrected chi connectivity index (χ4v) is 3.49. The maximum absolute atomic E-state index is 8.97. The maximum atomic E-state index is 8.97. The molecule has 1 aliphatic heterocycles. The van der Waals surface area contributed by atoms with Gasteiger partial charge in [0.05, 0.1) is 12.5 Å². The topological polar surface area (TPSA) is 30.3 Å². The second kappa shape index (κ2) is 7.11. The van der Waals surface area contributed by atoms with Crippen molar-refractivity contribution in [2.24, 2.45) is 0 Å². The van der Waals surface area contributed by atoms with Crippen molar-refractivity contribution in [1.82, 2.24) is 9.80 Å². The molecule has 1 atom stereocenters. The Morgan fingerprint density at radius 2 is 1.78 bits per heavy atom. The number of nitrogens with zero attached hydrogens (tertiary/aromatic N) is 3. The van der Waals surface area contributed by atoms with Gasteiger partial charge < -0.3 is 4.90 Å². The van der Waals surface area contributed by atoms with Gasteiger partial charge in [-0.05, 0) is 39.4 Å². The molecule has 0 aromatic heterocycles. The van der Waals surface area contributed by atoms with Crippen LogP contribution in [-0.4, -0.2) is 48.6 Å². The van der Waals surface area contributed by atoms with Crippen LogP contribution in [0.1, 0.15) is 51.4 Å². The first-order valence-corrected chi connectivity index (χ1v) is 7.62. The van der Waals surface area contributed by atoms with Crippen molar-refractivity contribution < 1.29 is 0 Å². The minimum atomic E-state index is 0.445. The van der Waals surface area contributed by atoms with E-state index in [0.717, 1.165) is 19.1 Å². The largest absolute Gasteiger partial charge is 0.301 e. The van der Waals surface area contributed by atoms with Crippen LogP contribution in [0.25, 0.3) is 0 Å². The Kier molecular flexibility index (Phi) is 5.46. The summed E-state index contributed by atoms with van der Waals surface area (Å²) in [5.41, 5.74) is 0. The van der Waals surface area contributed by atoms with E-state index in [-0.39, 0.29) is 0 Å². The number of nitriles is 1. The summed E-state index contributed by atoms with van der Waals surface area (Å²) in [6.45, 7) is 3.49. The summed E-state index contributed by atoms with van der Waals surface area (Å²) in [6, 6.07) is 3.60. The zero-order chi connectivity index (χ0) is 12.8. The van der Waals surface area contributed by atoms with Crippen LogP contribution in [0.4, 0.5) is 0 Å². The molecule has 102 valence electrons. The molecule has 0 N–H and O–H groups in total. The average Bonchev–Trinajstić information content (AvgIpc) is 2.72. The molecule has 2 fully saturated rings. The predicted octanol–water partition coefficient (Wildman–Crippen LogP) is 2.63. The third kappa shape index (κ3) is 3.70. The molecule has 1 unspecified atom stereocenters. The molecule has 0 amide bonds. The molecule has 2 aliphatic rings. The van der Waals surface area contributed by atoms with Gasteiger partial charge in [0.15, 0.2) is 0 Å². The highest BCUT2D eigenvalue weighted by atomic mass is 15.2. The molecule has 3 nitrogen and oxygen atoms in total. The first kappa shape index (κ1) is 13.8. The minimum absolute atomic E-state index is 0.445. The fourth-order valence-electron chi connectivity index (χ4n) is 3.49. The summed E-state index contributed by atoms with van der Waals surface area (Å²) in [5, 5.41) is 8.97. The van der Waals surface area contributed by atoms with Crippen LogP contribution in [0, 0.1) is 11.3 Å². The van der Waals surface area contributed by atoms with Crippen LogP contribution in [0.3, 0.4) is 0 Å². The molecule has 0 aromatic rings. The van der Waals surface area contributed by atoms with Crippen LogP contribution < -0.4 is 0 Å². The van der Waals surface area contributed by atoms with Crippen molar-refractivity contribution in [2.75, 3.05) is 26.7 Å². The lowest BCUT2D eigenvalue weighted by atomic mass is 10.1. The third-order valence-corrected chi connectivity index (χ3v) is 4.69. The Hall–Kier alpha value is -0.590. The van der Waals surface area contributed by atoms with Crippen LogP contribution >= 0.6 is 0 Å². The maximum Gasteiger partial charge on any atom is 0.0638 e. The number of hydrogen-bond acceptors (Lipinski definition) is 3. The molecule has 0 bridgehead atoms. The molecule has 18 heavy (non-hydrogen) atoms. The zero-order valence-corrected chi connectivity index (χ0v) is 11.8. The van der Waals surface area contributed by atoms with Gasteiger partial charge in [-0.2, -0.15) is 5.26 Å². The van der Waals surface area contributed by atoms with Gasteiger partial charge in [0.2, 0.25) is 0 Å². The lowest BCUT2D eigenvalue weighted by Gasteiger charge is -2.33. The molecule has 1 saturated carbocycles. The lowest BCUT2D eigenvalue weighted by Crippen LogP contribution is -2.43. The van der Waals surface area contributed by atoms with Gasteiger partial charge in [-0.3, -0.25) is 4.90 Å². The van der Waals surface area contributed by atoms with Gasteiger partial charge >= 0.3 is 0 Å². The fraction of sp³-hybridized carbons (Fsp3) is 0.933. The van der Waals surface area contributed by atoms with Gasteiger partial charge in [0, 0.05) is 18.6 Å². The van der Waals surface area contributed by atoms with Gasteiger partial charge in [-0.25, -0.2) is 0 Å². The van der Waals surface area contributed by atoms with Crippen molar-refractivity contribution >= 4 is 0 Å². The van der Waals surface area contributed by atoms with Gasteiger partial charge in [0.25, 0.3) is 0 Å². The second-order valence-corrected chi connectivity index (χ2v) is 5.99. The molecule has 0 aromatic carbocycles. The standard InChI is InChI=1S/C15H27N3/c1-17-11-6-12-18(13-15(17)9-10-16)14-7-4-2-3-5-8-14/h14-15H,2-9,11-13H2,1H3. The van der Waals surface area contributed by atoms with Crippen molar-refractivity contribution in [2.45, 2.75) is 63.5 Å². The molecule has 0 spiro atoms. The number of hydrogen-bond donors (Lipinski definition) is 0. The number of likely N-dealkylation sites (N-methyl/N-ethyl adjacent to an activating group) is 1. The molecule has 2 rings (SSSR count). The Balaban J connectivity index is 1.96. The highest BCUT2D eigenvalue weighted by Crippen LogP contribution is 2.24. The monoisotopic (exact) mass is 249 g/mol. The summed E-state index contributed by atoms with van der Waals surface area (Å²) in [5.74, 6) is 0. The van der Waals surface area contributed by atoms with Gasteiger partial charge in [-0.1, -0.05) is 25.7 Å². The predicted molar refractivity (Wildman–Crippen MR) is 74.3 cm³/mol. The van der Waals surface area contributed by atoms with Gasteiger partial charge in [0.1, 0.15) is 0 Å². The Morgan fingerprint density at radius 3 is 2.44 bits per heavy atom. The van der Waals surface area contributed by atoms with Crippen LogP contribution in [0.5, 0.6) is 0 Å². The summed E-state index contributed by atoms with van der Waals surface area (Å²) < 4.78 is 0. The van der Waals surface area contributed by atoms with E-state index < -0.39 is 0 Å².